The average Bonchev–Trinajstić information content (AvgIpc) is 3.08. The predicted molar refractivity (Wildman–Crippen MR) is 93.0 cm³/mol. The van der Waals surface area contributed by atoms with Crippen LogP contribution in [0.2, 0.25) is 0 Å². The van der Waals surface area contributed by atoms with Crippen molar-refractivity contribution in [3.8, 4) is 0 Å². The Morgan fingerprint density at radius 3 is 3.00 bits per heavy atom. The molecule has 7 heteroatoms. The molecule has 0 radical (unpaired) electrons. The van der Waals surface area contributed by atoms with E-state index in [0.717, 1.165) is 29.3 Å². The molecule has 1 saturated heterocycles. The van der Waals surface area contributed by atoms with Crippen molar-refractivity contribution in [3.63, 3.8) is 0 Å². The number of H-pyrrole nitrogens is 1. The summed E-state index contributed by atoms with van der Waals surface area (Å²) < 4.78 is 0. The van der Waals surface area contributed by atoms with E-state index in [0.29, 0.717) is 18.9 Å². The molecule has 0 aromatic carbocycles. The molecule has 2 N–H and O–H groups in total. The summed E-state index contributed by atoms with van der Waals surface area (Å²) in [5, 5.41) is 13.1. The lowest BCUT2D eigenvalue weighted by molar-refractivity contribution is -0.116. The van der Waals surface area contributed by atoms with Gasteiger partial charge in [0.25, 0.3) is 0 Å². The number of pyridine rings is 1. The molecule has 3 rings (SSSR count). The fourth-order valence-corrected chi connectivity index (χ4v) is 3.16. The van der Waals surface area contributed by atoms with Crippen molar-refractivity contribution in [1.82, 2.24) is 20.4 Å². The first-order valence-corrected chi connectivity index (χ1v) is 8.51. The molecule has 1 amide bonds. The van der Waals surface area contributed by atoms with Gasteiger partial charge in [-0.1, -0.05) is 0 Å². The molecule has 2 aromatic heterocycles. The van der Waals surface area contributed by atoms with Crippen LogP contribution in [0.1, 0.15) is 43.9 Å². The molecule has 2 aromatic rings. The normalized spacial score (nSPS) is 17.8. The van der Waals surface area contributed by atoms with E-state index in [1.54, 1.807) is 12.4 Å². The monoisotopic (exact) mass is 328 g/mol. The van der Waals surface area contributed by atoms with E-state index < -0.39 is 0 Å². The number of nitrogens with zero attached hydrogens (tertiary/aromatic N) is 4. The smallest absolute Gasteiger partial charge is 0.224 e. The first kappa shape index (κ1) is 16.4. The minimum Gasteiger partial charge on any atom is -0.354 e. The van der Waals surface area contributed by atoms with Gasteiger partial charge in [0.15, 0.2) is 0 Å². The Labute approximate surface area is 141 Å². The number of carbonyl (C=O) groups excluding carboxylic acids is 1. The minimum absolute atomic E-state index is 0.0432. The molecule has 24 heavy (non-hydrogen) atoms. The van der Waals surface area contributed by atoms with Gasteiger partial charge in [-0.15, -0.1) is 0 Å². The van der Waals surface area contributed by atoms with Crippen LogP contribution in [0.3, 0.4) is 0 Å². The van der Waals surface area contributed by atoms with Crippen LogP contribution in [0.15, 0.2) is 18.5 Å². The number of piperidine rings is 1. The third-order valence-corrected chi connectivity index (χ3v) is 4.48. The first-order chi connectivity index (χ1) is 11.6. The predicted octanol–water partition coefficient (Wildman–Crippen LogP) is 2.46. The van der Waals surface area contributed by atoms with Crippen molar-refractivity contribution in [3.05, 3.63) is 29.7 Å². The zero-order chi connectivity index (χ0) is 16.9. The van der Waals surface area contributed by atoms with E-state index in [2.05, 4.69) is 44.5 Å². The third-order valence-electron chi connectivity index (χ3n) is 4.48. The van der Waals surface area contributed by atoms with Crippen molar-refractivity contribution in [2.75, 3.05) is 16.8 Å². The summed E-state index contributed by atoms with van der Waals surface area (Å²) >= 11 is 0. The molecule has 0 saturated carbocycles. The second kappa shape index (κ2) is 7.42. The molecule has 1 aliphatic rings. The topological polar surface area (TPSA) is 86.8 Å². The van der Waals surface area contributed by atoms with Crippen molar-refractivity contribution in [2.45, 2.75) is 52.0 Å². The van der Waals surface area contributed by atoms with E-state index in [1.807, 2.05) is 6.07 Å². The summed E-state index contributed by atoms with van der Waals surface area (Å²) in [4.78, 5) is 19.0. The van der Waals surface area contributed by atoms with Crippen LogP contribution >= 0.6 is 0 Å². The average molecular weight is 328 g/mol. The quantitative estimate of drug-likeness (QED) is 0.880. The molecular formula is C17H24N6O. The highest BCUT2D eigenvalue weighted by molar-refractivity contribution is 5.90. The Morgan fingerprint density at radius 2 is 2.29 bits per heavy atom. The summed E-state index contributed by atoms with van der Waals surface area (Å²) in [5.41, 5.74) is 2.62. The Kier molecular flexibility index (Phi) is 5.08. The fourth-order valence-electron chi connectivity index (χ4n) is 3.16. The van der Waals surface area contributed by atoms with Gasteiger partial charge in [-0.2, -0.15) is 15.4 Å². The van der Waals surface area contributed by atoms with E-state index in [4.69, 9.17) is 0 Å². The summed E-state index contributed by atoms with van der Waals surface area (Å²) in [5.74, 6) is 0.987. The first-order valence-electron chi connectivity index (χ1n) is 8.51. The molecule has 0 spiro atoms. The van der Waals surface area contributed by atoms with E-state index in [-0.39, 0.29) is 5.91 Å². The SMILES string of the molecule is Cc1cc(NC(=O)CCc2cn[nH]n2)cnc1N1CCCCC1C. The number of amides is 1. The van der Waals surface area contributed by atoms with Crippen LogP contribution < -0.4 is 10.2 Å². The van der Waals surface area contributed by atoms with Crippen molar-refractivity contribution in [2.24, 2.45) is 0 Å². The Balaban J connectivity index is 1.60. The van der Waals surface area contributed by atoms with Crippen LogP contribution in [-0.2, 0) is 11.2 Å². The largest absolute Gasteiger partial charge is 0.354 e. The summed E-state index contributed by atoms with van der Waals surface area (Å²) in [6.07, 6.45) is 8.03. The lowest BCUT2D eigenvalue weighted by Gasteiger charge is -2.35. The van der Waals surface area contributed by atoms with Gasteiger partial charge in [-0.05, 0) is 44.7 Å². The van der Waals surface area contributed by atoms with Crippen molar-refractivity contribution in [1.29, 1.82) is 0 Å². The number of aromatic nitrogens is 4. The van der Waals surface area contributed by atoms with Crippen LogP contribution in [0.5, 0.6) is 0 Å². The fraction of sp³-hybridized carbons (Fsp3) is 0.529. The number of rotatable bonds is 5. The van der Waals surface area contributed by atoms with Gasteiger partial charge in [0.1, 0.15) is 5.82 Å². The molecule has 3 heterocycles. The molecule has 128 valence electrons. The van der Waals surface area contributed by atoms with Gasteiger partial charge in [-0.25, -0.2) is 4.98 Å². The van der Waals surface area contributed by atoms with Crippen LogP contribution in [0.25, 0.3) is 0 Å². The number of aromatic amines is 1. The second-order valence-electron chi connectivity index (χ2n) is 6.41. The third kappa shape index (κ3) is 3.90. The van der Waals surface area contributed by atoms with Gasteiger partial charge in [0.2, 0.25) is 5.91 Å². The van der Waals surface area contributed by atoms with Crippen molar-refractivity contribution >= 4 is 17.4 Å². The van der Waals surface area contributed by atoms with Crippen LogP contribution in [0, 0.1) is 6.92 Å². The van der Waals surface area contributed by atoms with E-state index in [9.17, 15) is 4.79 Å². The van der Waals surface area contributed by atoms with Crippen LogP contribution in [0.4, 0.5) is 11.5 Å². The molecular weight excluding hydrogens is 304 g/mol. The van der Waals surface area contributed by atoms with Crippen LogP contribution in [-0.4, -0.2) is 38.9 Å². The highest BCUT2D eigenvalue weighted by Gasteiger charge is 2.21. The molecule has 1 unspecified atom stereocenters. The highest BCUT2D eigenvalue weighted by Crippen LogP contribution is 2.27. The molecule has 1 atom stereocenters. The molecule has 1 aliphatic heterocycles. The Hall–Kier alpha value is -2.44. The van der Waals surface area contributed by atoms with Gasteiger partial charge in [-0.3, -0.25) is 4.79 Å². The maximum Gasteiger partial charge on any atom is 0.224 e. The zero-order valence-electron chi connectivity index (χ0n) is 14.2. The Bertz CT molecular complexity index is 684. The standard InChI is InChI=1S/C17H24N6O/c1-12-9-15(20-16(24)7-6-14-11-19-22-21-14)10-18-17(12)23-8-4-3-5-13(23)2/h9-11,13H,3-8H2,1-2H3,(H,20,24)(H,19,21,22). The summed E-state index contributed by atoms with van der Waals surface area (Å²) in [6, 6.07) is 2.52. The molecule has 0 aliphatic carbocycles. The highest BCUT2D eigenvalue weighted by atomic mass is 16.1. The maximum absolute atomic E-state index is 12.0. The number of anilines is 2. The Morgan fingerprint density at radius 1 is 1.42 bits per heavy atom. The summed E-state index contributed by atoms with van der Waals surface area (Å²) in [6.45, 7) is 5.35. The number of aryl methyl sites for hydroxylation is 2. The lowest BCUT2D eigenvalue weighted by Crippen LogP contribution is -2.38. The second-order valence-corrected chi connectivity index (χ2v) is 6.41. The van der Waals surface area contributed by atoms with Gasteiger partial charge < -0.3 is 10.2 Å². The zero-order valence-corrected chi connectivity index (χ0v) is 14.2. The van der Waals surface area contributed by atoms with Gasteiger partial charge in [0.05, 0.1) is 23.8 Å². The summed E-state index contributed by atoms with van der Waals surface area (Å²) in [7, 11) is 0. The number of carbonyl (C=O) groups is 1. The number of hydrogen-bond donors (Lipinski definition) is 2. The number of nitrogens with one attached hydrogen (secondary N) is 2. The minimum atomic E-state index is -0.0432. The molecule has 1 fully saturated rings. The van der Waals surface area contributed by atoms with Gasteiger partial charge in [0, 0.05) is 25.4 Å². The maximum atomic E-state index is 12.0. The molecule has 0 bridgehead atoms. The lowest BCUT2D eigenvalue weighted by atomic mass is 10.0. The van der Waals surface area contributed by atoms with E-state index in [1.165, 1.54) is 19.3 Å². The number of hydrogen-bond acceptors (Lipinski definition) is 5. The van der Waals surface area contributed by atoms with Gasteiger partial charge >= 0.3 is 0 Å². The van der Waals surface area contributed by atoms with Crippen molar-refractivity contribution < 1.29 is 4.79 Å². The molecule has 7 nitrogen and oxygen atoms in total. The van der Waals surface area contributed by atoms with E-state index >= 15 is 0 Å².